The Morgan fingerprint density at radius 2 is 1.87 bits per heavy atom. The van der Waals surface area contributed by atoms with Gasteiger partial charge in [0.1, 0.15) is 5.78 Å². The lowest BCUT2D eigenvalue weighted by molar-refractivity contribution is -0.384. The number of aryl methyl sites for hydroxylation is 1. The Hall–Kier alpha value is -2.05. The Balaban J connectivity index is 2.20. The molecule has 0 radical (unpaired) electrons. The van der Waals surface area contributed by atoms with Crippen LogP contribution >= 0.6 is 7.60 Å². The van der Waals surface area contributed by atoms with Crippen molar-refractivity contribution < 1.29 is 19.3 Å². The number of hydrogen-bond acceptors (Lipinski definition) is 4. The van der Waals surface area contributed by atoms with E-state index in [4.69, 9.17) is 0 Å². The van der Waals surface area contributed by atoms with Gasteiger partial charge in [0, 0.05) is 18.7 Å². The maximum Gasteiger partial charge on any atom is 0.346 e. The van der Waals surface area contributed by atoms with Gasteiger partial charge in [-0.2, -0.15) is 0 Å². The topological polar surface area (TPSA) is 113 Å². The smallest absolute Gasteiger partial charge is 0.323 e. The molecule has 0 bridgehead atoms. The van der Waals surface area contributed by atoms with E-state index in [1.807, 2.05) is 31.2 Å². The summed E-state index contributed by atoms with van der Waals surface area (Å²) in [5.74, 6) is -1.22. The molecule has 0 unspecified atom stereocenters. The minimum atomic E-state index is -4.47. The maximum atomic E-state index is 11.7. The number of nitrogens with one attached hydrogen (secondary N) is 1. The third kappa shape index (κ3) is 4.71. The molecular formula is C15H17N2O5P. The first-order valence-electron chi connectivity index (χ1n) is 6.86. The standard InChI is InChI=1S/C15H17N2O5P/c1-11-3-2-4-12(9-11)10-16-15(23(20,21)22)13-5-7-14(8-6-13)17(18)19/h2-9,15-16H,10H2,1H3,(H2,20,21,22)/t15-/m0/s1. The zero-order valence-corrected chi connectivity index (χ0v) is 13.3. The second kappa shape index (κ2) is 7.02. The zero-order chi connectivity index (χ0) is 17.0. The summed E-state index contributed by atoms with van der Waals surface area (Å²) in [6, 6.07) is 12.7. The number of non-ortho nitro benzene ring substituents is 1. The van der Waals surface area contributed by atoms with Crippen molar-refractivity contribution in [2.75, 3.05) is 0 Å². The summed E-state index contributed by atoms with van der Waals surface area (Å²) in [6.07, 6.45) is 0. The third-order valence-corrected chi connectivity index (χ3v) is 4.49. The normalized spacial score (nSPS) is 12.8. The molecule has 7 nitrogen and oxygen atoms in total. The van der Waals surface area contributed by atoms with Crippen LogP contribution in [0.4, 0.5) is 5.69 Å². The highest BCUT2D eigenvalue weighted by Gasteiger charge is 2.30. The van der Waals surface area contributed by atoms with Crippen molar-refractivity contribution >= 4 is 13.3 Å². The van der Waals surface area contributed by atoms with Crippen LogP contribution in [0.5, 0.6) is 0 Å². The Bertz CT molecular complexity index is 742. The van der Waals surface area contributed by atoms with Crippen LogP contribution < -0.4 is 5.32 Å². The molecule has 2 rings (SSSR count). The largest absolute Gasteiger partial charge is 0.346 e. The highest BCUT2D eigenvalue weighted by atomic mass is 31.2. The van der Waals surface area contributed by atoms with E-state index < -0.39 is 18.3 Å². The average molecular weight is 336 g/mol. The van der Waals surface area contributed by atoms with Crippen molar-refractivity contribution in [1.82, 2.24) is 5.32 Å². The Morgan fingerprint density at radius 3 is 2.39 bits per heavy atom. The van der Waals surface area contributed by atoms with Crippen molar-refractivity contribution in [1.29, 1.82) is 0 Å². The number of hydrogen-bond donors (Lipinski definition) is 3. The van der Waals surface area contributed by atoms with Crippen LogP contribution in [-0.4, -0.2) is 14.7 Å². The molecule has 0 saturated carbocycles. The molecule has 0 aliphatic carbocycles. The number of nitro benzene ring substituents is 1. The fourth-order valence-electron chi connectivity index (χ4n) is 2.25. The van der Waals surface area contributed by atoms with Crippen molar-refractivity contribution in [2.24, 2.45) is 0 Å². The van der Waals surface area contributed by atoms with Gasteiger partial charge in [0.15, 0.2) is 0 Å². The van der Waals surface area contributed by atoms with E-state index in [2.05, 4.69) is 5.32 Å². The summed E-state index contributed by atoms with van der Waals surface area (Å²) < 4.78 is 11.7. The van der Waals surface area contributed by atoms with Gasteiger partial charge in [-0.15, -0.1) is 0 Å². The lowest BCUT2D eigenvalue weighted by Crippen LogP contribution is -2.21. The van der Waals surface area contributed by atoms with E-state index in [0.717, 1.165) is 11.1 Å². The minimum Gasteiger partial charge on any atom is -0.323 e. The molecule has 0 spiro atoms. The van der Waals surface area contributed by atoms with Gasteiger partial charge in [-0.25, -0.2) is 0 Å². The monoisotopic (exact) mass is 336 g/mol. The summed E-state index contributed by atoms with van der Waals surface area (Å²) in [7, 11) is -4.47. The predicted molar refractivity (Wildman–Crippen MR) is 85.9 cm³/mol. The van der Waals surface area contributed by atoms with Gasteiger partial charge in [0.2, 0.25) is 0 Å². The minimum absolute atomic E-state index is 0.128. The molecule has 23 heavy (non-hydrogen) atoms. The molecule has 2 aromatic rings. The molecule has 0 amide bonds. The van der Waals surface area contributed by atoms with Gasteiger partial charge in [0.25, 0.3) is 5.69 Å². The highest BCUT2D eigenvalue weighted by molar-refractivity contribution is 7.52. The molecular weight excluding hydrogens is 319 g/mol. The van der Waals surface area contributed by atoms with Crippen LogP contribution in [-0.2, 0) is 11.1 Å². The van der Waals surface area contributed by atoms with Gasteiger partial charge in [-0.3, -0.25) is 20.0 Å². The second-order valence-corrected chi connectivity index (χ2v) is 6.90. The van der Waals surface area contributed by atoms with Gasteiger partial charge in [0.05, 0.1) is 4.92 Å². The van der Waals surface area contributed by atoms with Crippen LogP contribution in [0.2, 0.25) is 0 Å². The first kappa shape index (κ1) is 17.3. The van der Waals surface area contributed by atoms with E-state index in [1.54, 1.807) is 0 Å². The van der Waals surface area contributed by atoms with Crippen LogP contribution in [0.15, 0.2) is 48.5 Å². The van der Waals surface area contributed by atoms with Crippen LogP contribution in [0.25, 0.3) is 0 Å². The van der Waals surface area contributed by atoms with Crippen molar-refractivity contribution in [3.63, 3.8) is 0 Å². The van der Waals surface area contributed by atoms with Gasteiger partial charge >= 0.3 is 7.60 Å². The van der Waals surface area contributed by atoms with Crippen molar-refractivity contribution in [3.8, 4) is 0 Å². The van der Waals surface area contributed by atoms with Crippen LogP contribution in [0, 0.1) is 17.0 Å². The van der Waals surface area contributed by atoms with Crippen LogP contribution in [0.3, 0.4) is 0 Å². The molecule has 0 heterocycles. The maximum absolute atomic E-state index is 11.7. The van der Waals surface area contributed by atoms with Crippen molar-refractivity contribution in [2.45, 2.75) is 19.3 Å². The second-order valence-electron chi connectivity index (χ2n) is 5.21. The molecule has 8 heteroatoms. The summed E-state index contributed by atoms with van der Waals surface area (Å²) in [5.41, 5.74) is 2.12. The molecule has 0 aromatic heterocycles. The fourth-order valence-corrected chi connectivity index (χ4v) is 3.14. The summed E-state index contributed by atoms with van der Waals surface area (Å²) in [4.78, 5) is 29.2. The summed E-state index contributed by atoms with van der Waals surface area (Å²) >= 11 is 0. The Morgan fingerprint density at radius 1 is 1.22 bits per heavy atom. The molecule has 0 aliphatic heterocycles. The van der Waals surface area contributed by atoms with E-state index in [0.29, 0.717) is 5.56 Å². The fraction of sp³-hybridized carbons (Fsp3) is 0.200. The lowest BCUT2D eigenvalue weighted by Gasteiger charge is -2.20. The SMILES string of the molecule is Cc1cccc(CN[C@H](c2ccc([N+](=O)[O-])cc2)P(=O)(O)O)c1. The first-order chi connectivity index (χ1) is 10.8. The van der Waals surface area contributed by atoms with Crippen molar-refractivity contribution in [3.05, 3.63) is 75.3 Å². The predicted octanol–water partition coefficient (Wildman–Crippen LogP) is 2.87. The summed E-state index contributed by atoms with van der Waals surface area (Å²) in [6.45, 7) is 2.20. The number of benzene rings is 2. The molecule has 1 atom stereocenters. The quantitative estimate of drug-likeness (QED) is 0.425. The van der Waals surface area contributed by atoms with Gasteiger partial charge in [-0.05, 0) is 30.2 Å². The molecule has 2 aromatic carbocycles. The summed E-state index contributed by atoms with van der Waals surface area (Å²) in [5, 5.41) is 13.5. The molecule has 3 N–H and O–H groups in total. The highest BCUT2D eigenvalue weighted by Crippen LogP contribution is 2.50. The Kier molecular flexibility index (Phi) is 5.28. The molecule has 0 aliphatic rings. The zero-order valence-electron chi connectivity index (χ0n) is 12.4. The Labute approximate surface area is 133 Å². The number of nitro groups is 1. The van der Waals surface area contributed by atoms with E-state index in [1.165, 1.54) is 24.3 Å². The van der Waals surface area contributed by atoms with Crippen LogP contribution in [0.1, 0.15) is 22.5 Å². The molecule has 0 fully saturated rings. The van der Waals surface area contributed by atoms with Gasteiger partial charge in [-0.1, -0.05) is 29.8 Å². The number of rotatable bonds is 6. The van der Waals surface area contributed by atoms with E-state index in [9.17, 15) is 24.5 Å². The lowest BCUT2D eigenvalue weighted by atomic mass is 10.1. The molecule has 0 saturated heterocycles. The van der Waals surface area contributed by atoms with Gasteiger partial charge < -0.3 is 9.79 Å². The van der Waals surface area contributed by atoms with E-state index >= 15 is 0 Å². The number of nitrogens with zero attached hydrogens (tertiary/aromatic N) is 1. The van der Waals surface area contributed by atoms with E-state index in [-0.39, 0.29) is 12.2 Å². The third-order valence-electron chi connectivity index (χ3n) is 3.34. The molecule has 122 valence electrons. The first-order valence-corrected chi connectivity index (χ1v) is 8.54. The average Bonchev–Trinajstić information content (AvgIpc) is 2.46.